The van der Waals surface area contributed by atoms with Crippen LogP contribution >= 0.6 is 0 Å². The second-order valence-corrected chi connectivity index (χ2v) is 4.05. The summed E-state index contributed by atoms with van der Waals surface area (Å²) >= 11 is 0. The van der Waals surface area contributed by atoms with Crippen molar-refractivity contribution in [3.05, 3.63) is 46.8 Å². The van der Waals surface area contributed by atoms with Crippen LogP contribution in [-0.2, 0) is 0 Å². The van der Waals surface area contributed by atoms with Crippen LogP contribution in [0, 0.1) is 27.7 Å². The first-order valence-electron chi connectivity index (χ1n) is 5.19. The molecule has 0 spiro atoms. The van der Waals surface area contributed by atoms with Gasteiger partial charge in [0.1, 0.15) is 0 Å². The van der Waals surface area contributed by atoms with Crippen LogP contribution < -0.4 is 0 Å². The lowest BCUT2D eigenvalue weighted by Gasteiger charge is -2.05. The molecule has 0 N–H and O–H groups in total. The second-order valence-electron chi connectivity index (χ2n) is 4.05. The molecule has 2 nitrogen and oxygen atoms in total. The van der Waals surface area contributed by atoms with Crippen LogP contribution in [0.15, 0.2) is 24.3 Å². The smallest absolute Gasteiger partial charge is 0.0651 e. The molecule has 2 aromatic rings. The van der Waals surface area contributed by atoms with E-state index in [9.17, 15) is 0 Å². The van der Waals surface area contributed by atoms with E-state index in [0.717, 1.165) is 11.4 Å². The maximum atomic E-state index is 4.54. The Balaban J connectivity index is 2.59. The Hall–Kier alpha value is -1.57. The summed E-state index contributed by atoms with van der Waals surface area (Å²) in [4.78, 5) is 0. The lowest BCUT2D eigenvalue weighted by molar-refractivity contribution is 0.832. The van der Waals surface area contributed by atoms with Gasteiger partial charge < -0.3 is 0 Å². The van der Waals surface area contributed by atoms with Gasteiger partial charge >= 0.3 is 0 Å². The van der Waals surface area contributed by atoms with Gasteiger partial charge in [-0.05, 0) is 51.0 Å². The highest BCUT2D eigenvalue weighted by molar-refractivity contribution is 5.38. The van der Waals surface area contributed by atoms with Gasteiger partial charge in [-0.25, -0.2) is 4.68 Å². The van der Waals surface area contributed by atoms with E-state index < -0.39 is 0 Å². The lowest BCUT2D eigenvalue weighted by Crippen LogP contribution is -1.99. The van der Waals surface area contributed by atoms with Crippen LogP contribution in [0.3, 0.4) is 0 Å². The van der Waals surface area contributed by atoms with Crippen molar-refractivity contribution >= 4 is 0 Å². The Morgan fingerprint density at radius 2 is 1.80 bits per heavy atom. The summed E-state index contributed by atoms with van der Waals surface area (Å²) in [5.41, 5.74) is 6.00. The van der Waals surface area contributed by atoms with Crippen LogP contribution in [0.2, 0.25) is 0 Å². The van der Waals surface area contributed by atoms with Gasteiger partial charge in [0.2, 0.25) is 0 Å². The second kappa shape index (κ2) is 3.54. The van der Waals surface area contributed by atoms with Gasteiger partial charge in [-0.3, -0.25) is 0 Å². The molecule has 0 bridgehead atoms. The van der Waals surface area contributed by atoms with Crippen molar-refractivity contribution < 1.29 is 0 Å². The van der Waals surface area contributed by atoms with Crippen LogP contribution in [-0.4, -0.2) is 9.78 Å². The van der Waals surface area contributed by atoms with E-state index in [1.807, 2.05) is 4.68 Å². The first-order valence-corrected chi connectivity index (χ1v) is 5.19. The van der Waals surface area contributed by atoms with Gasteiger partial charge in [-0.1, -0.05) is 12.1 Å². The van der Waals surface area contributed by atoms with Crippen LogP contribution in [0.5, 0.6) is 0 Å². The SMILES string of the molecule is Cc1cccc(-n2nc(C)c(C)c2C)c1. The van der Waals surface area contributed by atoms with Crippen molar-refractivity contribution in [3.8, 4) is 5.69 Å². The molecule has 0 saturated heterocycles. The lowest BCUT2D eigenvalue weighted by atomic mass is 10.2. The van der Waals surface area contributed by atoms with Crippen LogP contribution in [0.4, 0.5) is 0 Å². The van der Waals surface area contributed by atoms with Crippen molar-refractivity contribution in [1.82, 2.24) is 9.78 Å². The normalized spacial score (nSPS) is 10.7. The maximum absolute atomic E-state index is 4.54. The monoisotopic (exact) mass is 200 g/mol. The summed E-state index contributed by atoms with van der Waals surface area (Å²) in [6.45, 7) is 8.37. The van der Waals surface area contributed by atoms with Crippen molar-refractivity contribution in [2.45, 2.75) is 27.7 Å². The van der Waals surface area contributed by atoms with E-state index in [1.54, 1.807) is 0 Å². The van der Waals surface area contributed by atoms with Gasteiger partial charge in [0.05, 0.1) is 11.4 Å². The third-order valence-electron chi connectivity index (χ3n) is 2.90. The molecular weight excluding hydrogens is 184 g/mol. The molecule has 0 aliphatic carbocycles. The average Bonchev–Trinajstić information content (AvgIpc) is 2.46. The summed E-state index contributed by atoms with van der Waals surface area (Å²) in [7, 11) is 0. The molecule has 1 aromatic heterocycles. The van der Waals surface area contributed by atoms with Gasteiger partial charge in [-0.15, -0.1) is 0 Å². The van der Waals surface area contributed by atoms with E-state index in [2.05, 4.69) is 57.1 Å². The third-order valence-corrected chi connectivity index (χ3v) is 2.90. The molecule has 0 radical (unpaired) electrons. The van der Waals surface area contributed by atoms with Crippen LogP contribution in [0.1, 0.15) is 22.5 Å². The molecule has 2 heteroatoms. The highest BCUT2D eigenvalue weighted by atomic mass is 15.3. The molecule has 0 saturated carbocycles. The standard InChI is InChI=1S/C13H16N2/c1-9-6-5-7-13(8-9)15-12(4)10(2)11(3)14-15/h5-8H,1-4H3. The highest BCUT2D eigenvalue weighted by Gasteiger charge is 2.08. The number of rotatable bonds is 1. The van der Waals surface area contributed by atoms with E-state index in [0.29, 0.717) is 0 Å². The Morgan fingerprint density at radius 1 is 1.07 bits per heavy atom. The third kappa shape index (κ3) is 1.67. The molecule has 0 amide bonds. The maximum Gasteiger partial charge on any atom is 0.0651 e. The molecular formula is C13H16N2. The predicted molar refractivity (Wildman–Crippen MR) is 62.5 cm³/mol. The molecule has 0 unspecified atom stereocenters. The molecule has 2 rings (SSSR count). The van der Waals surface area contributed by atoms with E-state index in [-0.39, 0.29) is 0 Å². The Labute approximate surface area is 90.6 Å². The minimum absolute atomic E-state index is 1.11. The number of hydrogen-bond donors (Lipinski definition) is 0. The summed E-state index contributed by atoms with van der Waals surface area (Å²) < 4.78 is 2.01. The number of benzene rings is 1. The van der Waals surface area contributed by atoms with E-state index in [4.69, 9.17) is 0 Å². The minimum Gasteiger partial charge on any atom is -0.238 e. The zero-order valence-corrected chi connectivity index (χ0v) is 9.70. The van der Waals surface area contributed by atoms with Crippen molar-refractivity contribution in [1.29, 1.82) is 0 Å². The Morgan fingerprint density at radius 3 is 2.33 bits per heavy atom. The first-order chi connectivity index (χ1) is 7.09. The van der Waals surface area contributed by atoms with E-state index >= 15 is 0 Å². The number of hydrogen-bond acceptors (Lipinski definition) is 1. The summed E-state index contributed by atoms with van der Waals surface area (Å²) in [5, 5.41) is 4.54. The zero-order chi connectivity index (χ0) is 11.0. The van der Waals surface area contributed by atoms with Gasteiger partial charge in [0.15, 0.2) is 0 Å². The largest absolute Gasteiger partial charge is 0.238 e. The highest BCUT2D eigenvalue weighted by Crippen LogP contribution is 2.17. The fourth-order valence-corrected chi connectivity index (χ4v) is 1.73. The molecule has 0 aliphatic rings. The first kappa shape index (κ1) is 9.97. The summed E-state index contributed by atoms with van der Waals surface area (Å²) in [6.07, 6.45) is 0. The Kier molecular flexibility index (Phi) is 2.35. The minimum atomic E-state index is 1.11. The molecule has 15 heavy (non-hydrogen) atoms. The zero-order valence-electron chi connectivity index (χ0n) is 9.70. The van der Waals surface area contributed by atoms with Crippen molar-refractivity contribution in [3.63, 3.8) is 0 Å². The summed E-state index contributed by atoms with van der Waals surface area (Å²) in [5.74, 6) is 0. The Bertz CT molecular complexity index is 495. The molecule has 0 fully saturated rings. The number of aryl methyl sites for hydroxylation is 2. The molecule has 0 aliphatic heterocycles. The fourth-order valence-electron chi connectivity index (χ4n) is 1.73. The predicted octanol–water partition coefficient (Wildman–Crippen LogP) is 3.11. The quantitative estimate of drug-likeness (QED) is 0.691. The number of nitrogens with zero attached hydrogens (tertiary/aromatic N) is 2. The van der Waals surface area contributed by atoms with Gasteiger partial charge in [0, 0.05) is 5.69 Å². The topological polar surface area (TPSA) is 17.8 Å². The van der Waals surface area contributed by atoms with Gasteiger partial charge in [-0.2, -0.15) is 5.10 Å². The van der Waals surface area contributed by atoms with Crippen molar-refractivity contribution in [2.75, 3.05) is 0 Å². The molecule has 0 atom stereocenters. The fraction of sp³-hybridized carbons (Fsp3) is 0.308. The molecule has 1 heterocycles. The molecule has 1 aromatic carbocycles. The molecule has 78 valence electrons. The average molecular weight is 200 g/mol. The van der Waals surface area contributed by atoms with Crippen molar-refractivity contribution in [2.24, 2.45) is 0 Å². The van der Waals surface area contributed by atoms with Gasteiger partial charge in [0.25, 0.3) is 0 Å². The van der Waals surface area contributed by atoms with Crippen LogP contribution in [0.25, 0.3) is 5.69 Å². The number of aromatic nitrogens is 2. The summed E-state index contributed by atoms with van der Waals surface area (Å²) in [6, 6.07) is 8.41. The van der Waals surface area contributed by atoms with E-state index in [1.165, 1.54) is 16.8 Å².